The van der Waals surface area contributed by atoms with Crippen molar-refractivity contribution in [3.05, 3.63) is 54.3 Å². The van der Waals surface area contributed by atoms with Crippen molar-refractivity contribution < 1.29 is 0 Å². The van der Waals surface area contributed by atoms with Crippen molar-refractivity contribution in [2.24, 2.45) is 0 Å². The van der Waals surface area contributed by atoms with Crippen LogP contribution in [0.15, 0.2) is 48.6 Å². The number of rotatable bonds is 6. The van der Waals surface area contributed by atoms with Gasteiger partial charge in [0, 0.05) is 43.6 Å². The summed E-state index contributed by atoms with van der Waals surface area (Å²) in [6, 6.07) is 8.99. The summed E-state index contributed by atoms with van der Waals surface area (Å²) in [6.45, 7) is 10.6. The molecule has 8 heteroatoms. The summed E-state index contributed by atoms with van der Waals surface area (Å²) in [7, 11) is 2.18. The maximum atomic E-state index is 4.88. The van der Waals surface area contributed by atoms with Gasteiger partial charge in [0.15, 0.2) is 5.65 Å². The van der Waals surface area contributed by atoms with Crippen molar-refractivity contribution in [2.45, 2.75) is 39.3 Å². The quantitative estimate of drug-likeness (QED) is 0.563. The van der Waals surface area contributed by atoms with Crippen LogP contribution >= 0.6 is 0 Å². The van der Waals surface area contributed by atoms with E-state index in [-0.39, 0.29) is 12.1 Å². The van der Waals surface area contributed by atoms with Gasteiger partial charge in [0.1, 0.15) is 5.52 Å². The Kier molecular flexibility index (Phi) is 6.24. The van der Waals surface area contributed by atoms with E-state index in [1.807, 2.05) is 6.92 Å². The third kappa shape index (κ3) is 4.63. The van der Waals surface area contributed by atoms with Crippen LogP contribution in [0.4, 0.5) is 23.3 Å². The van der Waals surface area contributed by atoms with Gasteiger partial charge in [-0.25, -0.2) is 9.97 Å². The summed E-state index contributed by atoms with van der Waals surface area (Å²) in [5.41, 5.74) is 4.78. The lowest BCUT2D eigenvalue weighted by Gasteiger charge is -2.34. The molecule has 2 aromatic heterocycles. The van der Waals surface area contributed by atoms with E-state index in [0.717, 1.165) is 61.1 Å². The Morgan fingerprint density at radius 3 is 2.41 bits per heavy atom. The van der Waals surface area contributed by atoms with Crippen molar-refractivity contribution in [1.29, 1.82) is 0 Å². The molecule has 0 spiro atoms. The maximum absolute atomic E-state index is 4.88. The fourth-order valence-electron chi connectivity index (χ4n) is 4.56. The van der Waals surface area contributed by atoms with Crippen LogP contribution in [0.25, 0.3) is 11.2 Å². The summed E-state index contributed by atoms with van der Waals surface area (Å²) in [4.78, 5) is 19.3. The Bertz CT molecular complexity index is 1200. The lowest BCUT2D eigenvalue weighted by molar-refractivity contribution is 0.313. The molecule has 1 saturated heterocycles. The summed E-state index contributed by atoms with van der Waals surface area (Å²) < 4.78 is 2.16. The molecule has 2 N–H and O–H groups in total. The first-order valence-electron chi connectivity index (χ1n) is 12.1. The Morgan fingerprint density at radius 2 is 1.74 bits per heavy atom. The van der Waals surface area contributed by atoms with Crippen molar-refractivity contribution in [3.63, 3.8) is 0 Å². The zero-order valence-corrected chi connectivity index (χ0v) is 20.5. The first-order valence-corrected chi connectivity index (χ1v) is 12.1. The topological polar surface area (TPSA) is 74.1 Å². The van der Waals surface area contributed by atoms with E-state index in [0.29, 0.717) is 5.95 Å². The zero-order chi connectivity index (χ0) is 23.7. The van der Waals surface area contributed by atoms with E-state index in [9.17, 15) is 0 Å². The third-order valence-electron chi connectivity index (χ3n) is 6.52. The Morgan fingerprint density at radius 1 is 0.971 bits per heavy atom. The minimum absolute atomic E-state index is 0.209. The highest BCUT2D eigenvalue weighted by Crippen LogP contribution is 2.28. The van der Waals surface area contributed by atoms with Gasteiger partial charge in [-0.1, -0.05) is 24.3 Å². The third-order valence-corrected chi connectivity index (χ3v) is 6.52. The van der Waals surface area contributed by atoms with E-state index in [1.165, 1.54) is 5.69 Å². The minimum atomic E-state index is 0.209. The molecule has 0 bridgehead atoms. The van der Waals surface area contributed by atoms with Crippen LogP contribution in [0, 0.1) is 6.92 Å². The number of aryl methyl sites for hydroxylation is 1. The molecule has 3 heterocycles. The van der Waals surface area contributed by atoms with Gasteiger partial charge in [-0.3, -0.25) is 4.57 Å². The number of nitrogens with one attached hydrogen (secondary N) is 2. The number of likely N-dealkylation sites (N-methyl/N-ethyl adjacent to an activating group) is 1. The van der Waals surface area contributed by atoms with E-state index in [1.54, 1.807) is 0 Å². The molecule has 2 aliphatic rings. The fourth-order valence-corrected chi connectivity index (χ4v) is 4.56. The molecule has 3 aromatic rings. The molecule has 1 aromatic carbocycles. The molecular weight excluding hydrogens is 424 g/mol. The lowest BCUT2D eigenvalue weighted by Crippen LogP contribution is -2.44. The number of benzene rings is 1. The van der Waals surface area contributed by atoms with Crippen molar-refractivity contribution in [3.8, 4) is 0 Å². The van der Waals surface area contributed by atoms with Gasteiger partial charge in [0.2, 0.25) is 11.9 Å². The first kappa shape index (κ1) is 22.4. The largest absolute Gasteiger partial charge is 0.369 e. The van der Waals surface area contributed by atoms with Crippen LogP contribution in [0.5, 0.6) is 0 Å². The minimum Gasteiger partial charge on any atom is -0.369 e. The zero-order valence-electron chi connectivity index (χ0n) is 20.5. The average Bonchev–Trinajstić information content (AvgIpc) is 3.19. The van der Waals surface area contributed by atoms with E-state index < -0.39 is 0 Å². The number of fused-ring (bicyclic) bond motifs is 1. The molecule has 5 rings (SSSR count). The number of nitrogens with zero attached hydrogens (tertiary/aromatic N) is 6. The molecule has 1 unspecified atom stereocenters. The Labute approximate surface area is 201 Å². The summed E-state index contributed by atoms with van der Waals surface area (Å²) >= 11 is 0. The van der Waals surface area contributed by atoms with Crippen LogP contribution in [0.2, 0.25) is 0 Å². The fraction of sp³-hybridized carbons (Fsp3) is 0.423. The van der Waals surface area contributed by atoms with Crippen molar-refractivity contribution >= 4 is 34.4 Å². The van der Waals surface area contributed by atoms with Gasteiger partial charge >= 0.3 is 0 Å². The highest BCUT2D eigenvalue weighted by molar-refractivity contribution is 5.79. The molecule has 0 radical (unpaired) electrons. The predicted molar refractivity (Wildman–Crippen MR) is 140 cm³/mol. The second-order valence-corrected chi connectivity index (χ2v) is 9.47. The molecule has 0 amide bonds. The number of imidazole rings is 1. The van der Waals surface area contributed by atoms with Gasteiger partial charge in [-0.2, -0.15) is 4.98 Å². The van der Waals surface area contributed by atoms with Gasteiger partial charge in [-0.15, -0.1) is 0 Å². The summed E-state index contributed by atoms with van der Waals surface area (Å²) in [5.74, 6) is 1.42. The Hall–Kier alpha value is -3.39. The smallest absolute Gasteiger partial charge is 0.229 e. The first-order chi connectivity index (χ1) is 16.5. The molecule has 34 heavy (non-hydrogen) atoms. The highest BCUT2D eigenvalue weighted by atomic mass is 15.3. The number of anilines is 4. The van der Waals surface area contributed by atoms with Crippen LogP contribution in [-0.2, 0) is 0 Å². The molecule has 178 valence electrons. The van der Waals surface area contributed by atoms with Gasteiger partial charge in [-0.05, 0) is 58.5 Å². The van der Waals surface area contributed by atoms with Gasteiger partial charge in [0.25, 0.3) is 0 Å². The average molecular weight is 459 g/mol. The number of allylic oxidation sites excluding steroid dienone is 2. The molecule has 8 nitrogen and oxygen atoms in total. The molecule has 1 aliphatic carbocycles. The molecular formula is C26H34N8. The highest BCUT2D eigenvalue weighted by Gasteiger charge is 2.20. The van der Waals surface area contributed by atoms with Crippen molar-refractivity contribution in [1.82, 2.24) is 24.4 Å². The van der Waals surface area contributed by atoms with Crippen LogP contribution in [-0.4, -0.2) is 63.7 Å². The normalized spacial score (nSPS) is 18.7. The number of piperazine rings is 1. The lowest BCUT2D eigenvalue weighted by atomic mass is 10.1. The van der Waals surface area contributed by atoms with Crippen molar-refractivity contribution in [2.75, 3.05) is 48.8 Å². The van der Waals surface area contributed by atoms with E-state index >= 15 is 0 Å². The second kappa shape index (κ2) is 9.46. The predicted octanol–water partition coefficient (Wildman–Crippen LogP) is 4.51. The maximum Gasteiger partial charge on any atom is 0.229 e. The van der Waals surface area contributed by atoms with E-state index in [2.05, 4.69) is 94.5 Å². The SMILES string of the molecule is Cc1nc(Nc2ccc(N3CCN(C)CC3)cc2)nc2c1nc(NC1C=CC=CC1)n2C(C)C. The monoisotopic (exact) mass is 458 g/mol. The number of hydrogen-bond donors (Lipinski definition) is 2. The number of hydrogen-bond acceptors (Lipinski definition) is 7. The van der Waals surface area contributed by atoms with Gasteiger partial charge in [0.05, 0.1) is 11.7 Å². The van der Waals surface area contributed by atoms with Crippen LogP contribution in [0.3, 0.4) is 0 Å². The van der Waals surface area contributed by atoms with Crippen LogP contribution < -0.4 is 15.5 Å². The van der Waals surface area contributed by atoms with Crippen LogP contribution in [0.1, 0.15) is 32.0 Å². The van der Waals surface area contributed by atoms with E-state index in [4.69, 9.17) is 15.0 Å². The molecule has 0 saturated carbocycles. The number of aromatic nitrogens is 4. The van der Waals surface area contributed by atoms with Gasteiger partial charge < -0.3 is 20.4 Å². The molecule has 1 atom stereocenters. The second-order valence-electron chi connectivity index (χ2n) is 9.47. The standard InChI is InChI=1S/C26H34N8/c1-18(2)34-24-23(30-26(34)29-20-8-6-5-7-9-20)19(3)27-25(31-24)28-21-10-12-22(13-11-21)33-16-14-32(4)15-17-33/h5-8,10-13,18,20H,9,14-17H2,1-4H3,(H,29,30)(H,27,28,31). The summed E-state index contributed by atoms with van der Waals surface area (Å²) in [6.07, 6.45) is 9.43. The summed E-state index contributed by atoms with van der Waals surface area (Å²) in [5, 5.41) is 6.97. The molecule has 1 fully saturated rings. The Balaban J connectivity index is 1.39. The molecule has 1 aliphatic heterocycles.